The molecule has 6 heteroatoms. The summed E-state index contributed by atoms with van der Waals surface area (Å²) in [6, 6.07) is 3.91. The number of hydrogen-bond acceptors (Lipinski definition) is 5. The number of nitrogens with one attached hydrogen (secondary N) is 1. The zero-order valence-corrected chi connectivity index (χ0v) is 13.0. The molecule has 2 N–H and O–H groups in total. The Labute approximate surface area is 131 Å². The third-order valence-electron chi connectivity index (χ3n) is 2.76. The van der Waals surface area contributed by atoms with Crippen molar-refractivity contribution in [3.63, 3.8) is 0 Å². The first kappa shape index (κ1) is 15.9. The average molecular weight is 323 g/mol. The van der Waals surface area contributed by atoms with Gasteiger partial charge in [0.25, 0.3) is 0 Å². The molecule has 4 nitrogen and oxygen atoms in total. The summed E-state index contributed by atoms with van der Waals surface area (Å²) in [5, 5.41) is 19.6. The molecule has 2 heterocycles. The van der Waals surface area contributed by atoms with Crippen molar-refractivity contribution in [2.75, 3.05) is 19.8 Å². The van der Waals surface area contributed by atoms with Gasteiger partial charge in [-0.25, -0.2) is 0 Å². The lowest BCUT2D eigenvalue weighted by Gasteiger charge is -2.16. The van der Waals surface area contributed by atoms with Gasteiger partial charge in [0.1, 0.15) is 6.10 Å². The highest BCUT2D eigenvalue weighted by molar-refractivity contribution is 7.08. The van der Waals surface area contributed by atoms with E-state index in [1.54, 1.807) is 28.7 Å². The highest BCUT2D eigenvalue weighted by Gasteiger charge is 2.13. The van der Waals surface area contributed by atoms with Crippen LogP contribution < -0.4 is 5.32 Å². The van der Waals surface area contributed by atoms with Crippen molar-refractivity contribution in [2.45, 2.75) is 6.10 Å². The lowest BCUT2D eigenvalue weighted by molar-refractivity contribution is -0.117. The van der Waals surface area contributed by atoms with Gasteiger partial charge in [-0.3, -0.25) is 4.79 Å². The number of ether oxygens (including phenoxy) is 1. The fourth-order valence-corrected chi connectivity index (χ4v) is 3.05. The van der Waals surface area contributed by atoms with Crippen LogP contribution >= 0.6 is 22.7 Å². The number of rotatable bonds is 8. The van der Waals surface area contributed by atoms with Crippen LogP contribution in [0.3, 0.4) is 0 Å². The minimum absolute atomic E-state index is 0.0351. The molecule has 112 valence electrons. The van der Waals surface area contributed by atoms with Gasteiger partial charge in [-0.2, -0.15) is 22.7 Å². The Morgan fingerprint density at radius 1 is 1.33 bits per heavy atom. The largest absolute Gasteiger partial charge is 0.394 e. The first-order valence-electron chi connectivity index (χ1n) is 6.52. The van der Waals surface area contributed by atoms with E-state index in [1.165, 1.54) is 6.08 Å². The Hall–Kier alpha value is -1.47. The van der Waals surface area contributed by atoms with Gasteiger partial charge in [0, 0.05) is 12.6 Å². The molecule has 0 aliphatic carbocycles. The normalized spacial score (nSPS) is 12.6. The van der Waals surface area contributed by atoms with E-state index in [-0.39, 0.29) is 25.2 Å². The highest BCUT2D eigenvalue weighted by Crippen LogP contribution is 2.19. The quantitative estimate of drug-likeness (QED) is 0.734. The molecule has 2 aromatic heterocycles. The summed E-state index contributed by atoms with van der Waals surface area (Å²) in [7, 11) is 0. The molecule has 1 amide bonds. The van der Waals surface area contributed by atoms with Crippen LogP contribution in [0.2, 0.25) is 0 Å². The van der Waals surface area contributed by atoms with Crippen molar-refractivity contribution >= 4 is 34.7 Å². The molecular formula is C15H17NO3S2. The van der Waals surface area contributed by atoms with E-state index in [0.29, 0.717) is 6.54 Å². The second-order valence-electron chi connectivity index (χ2n) is 4.27. The Morgan fingerprint density at radius 2 is 2.14 bits per heavy atom. The molecule has 1 atom stereocenters. The number of carbonyl (C=O) groups excluding carboxylic acids is 1. The number of amides is 1. The number of thiophene rings is 2. The van der Waals surface area contributed by atoms with Crippen molar-refractivity contribution in [3.8, 4) is 0 Å². The predicted octanol–water partition coefficient (Wildman–Crippen LogP) is 2.69. The summed E-state index contributed by atoms with van der Waals surface area (Å²) in [5.41, 5.74) is 2.02. The fraction of sp³-hybridized carbons (Fsp3) is 0.267. The Kier molecular flexibility index (Phi) is 6.62. The third kappa shape index (κ3) is 5.43. The van der Waals surface area contributed by atoms with E-state index in [1.807, 2.05) is 33.7 Å². The number of hydrogen-bond donors (Lipinski definition) is 2. The van der Waals surface area contributed by atoms with Crippen molar-refractivity contribution < 1.29 is 14.6 Å². The minimum atomic E-state index is -0.234. The molecule has 21 heavy (non-hydrogen) atoms. The van der Waals surface area contributed by atoms with Crippen LogP contribution in [-0.2, 0) is 9.53 Å². The Morgan fingerprint density at radius 3 is 2.81 bits per heavy atom. The Balaban J connectivity index is 1.84. The average Bonchev–Trinajstić information content (AvgIpc) is 3.18. The Bertz CT molecular complexity index is 550. The molecule has 2 aromatic rings. The topological polar surface area (TPSA) is 58.6 Å². The van der Waals surface area contributed by atoms with Gasteiger partial charge >= 0.3 is 0 Å². The smallest absolute Gasteiger partial charge is 0.244 e. The van der Waals surface area contributed by atoms with Crippen molar-refractivity contribution in [2.24, 2.45) is 0 Å². The summed E-state index contributed by atoms with van der Waals surface area (Å²) in [6.45, 7) is 0.595. The van der Waals surface area contributed by atoms with Crippen LogP contribution in [0.5, 0.6) is 0 Å². The summed E-state index contributed by atoms with van der Waals surface area (Å²) >= 11 is 3.17. The van der Waals surface area contributed by atoms with Crippen molar-refractivity contribution in [1.82, 2.24) is 5.32 Å². The summed E-state index contributed by atoms with van der Waals surface area (Å²) in [6.07, 6.45) is 3.06. The summed E-state index contributed by atoms with van der Waals surface area (Å²) in [5.74, 6) is -0.158. The lowest BCUT2D eigenvalue weighted by atomic mass is 10.2. The van der Waals surface area contributed by atoms with Crippen LogP contribution in [-0.4, -0.2) is 30.8 Å². The van der Waals surface area contributed by atoms with E-state index < -0.39 is 0 Å². The molecule has 0 saturated carbocycles. The zero-order valence-electron chi connectivity index (χ0n) is 11.4. The summed E-state index contributed by atoms with van der Waals surface area (Å²) < 4.78 is 5.56. The molecule has 0 spiro atoms. The zero-order chi connectivity index (χ0) is 14.9. The van der Waals surface area contributed by atoms with E-state index in [4.69, 9.17) is 9.84 Å². The van der Waals surface area contributed by atoms with Crippen LogP contribution in [0.25, 0.3) is 6.08 Å². The lowest BCUT2D eigenvalue weighted by Crippen LogP contribution is -2.28. The number of aliphatic hydroxyl groups is 1. The first-order valence-corrected chi connectivity index (χ1v) is 8.41. The molecule has 0 unspecified atom stereocenters. The van der Waals surface area contributed by atoms with Gasteiger partial charge < -0.3 is 15.2 Å². The van der Waals surface area contributed by atoms with Gasteiger partial charge in [0.15, 0.2) is 0 Å². The molecule has 0 saturated heterocycles. The van der Waals surface area contributed by atoms with Crippen molar-refractivity contribution in [1.29, 1.82) is 0 Å². The van der Waals surface area contributed by atoms with E-state index >= 15 is 0 Å². The molecule has 0 radical (unpaired) electrons. The standard InChI is InChI=1S/C15H17NO3S2/c17-5-6-19-14(13-4-8-21-11-13)9-16-15(18)2-1-12-3-7-20-10-12/h1-4,7-8,10-11,14,17H,5-6,9H2,(H,16,18)/b2-1+/t14-/m1/s1. The molecule has 0 fully saturated rings. The number of aliphatic hydroxyl groups excluding tert-OH is 1. The monoisotopic (exact) mass is 323 g/mol. The molecule has 0 aliphatic heterocycles. The van der Waals surface area contributed by atoms with Crippen LogP contribution in [0.4, 0.5) is 0 Å². The molecular weight excluding hydrogens is 306 g/mol. The van der Waals surface area contributed by atoms with Gasteiger partial charge in [-0.1, -0.05) is 0 Å². The number of carbonyl (C=O) groups is 1. The molecule has 0 bridgehead atoms. The second-order valence-corrected chi connectivity index (χ2v) is 5.83. The first-order chi connectivity index (χ1) is 10.3. The maximum Gasteiger partial charge on any atom is 0.244 e. The SMILES string of the molecule is O=C(/C=C/c1ccsc1)NC[C@@H](OCCO)c1ccsc1. The van der Waals surface area contributed by atoms with E-state index in [2.05, 4.69) is 5.32 Å². The van der Waals surface area contributed by atoms with Gasteiger partial charge in [-0.05, 0) is 50.9 Å². The van der Waals surface area contributed by atoms with Crippen molar-refractivity contribution in [3.05, 3.63) is 50.9 Å². The van der Waals surface area contributed by atoms with E-state index in [9.17, 15) is 4.79 Å². The maximum absolute atomic E-state index is 11.8. The van der Waals surface area contributed by atoms with Crippen LogP contribution in [0.15, 0.2) is 39.7 Å². The predicted molar refractivity (Wildman–Crippen MR) is 86.5 cm³/mol. The third-order valence-corrected chi connectivity index (χ3v) is 4.16. The van der Waals surface area contributed by atoms with Gasteiger partial charge in [-0.15, -0.1) is 0 Å². The molecule has 0 aromatic carbocycles. The van der Waals surface area contributed by atoms with Gasteiger partial charge in [0.2, 0.25) is 5.91 Å². The fourth-order valence-electron chi connectivity index (χ4n) is 1.72. The van der Waals surface area contributed by atoms with Crippen LogP contribution in [0, 0.1) is 0 Å². The maximum atomic E-state index is 11.8. The minimum Gasteiger partial charge on any atom is -0.394 e. The highest BCUT2D eigenvalue weighted by atomic mass is 32.1. The molecule has 2 rings (SSSR count). The van der Waals surface area contributed by atoms with Gasteiger partial charge in [0.05, 0.1) is 13.2 Å². The van der Waals surface area contributed by atoms with Crippen LogP contribution in [0.1, 0.15) is 17.2 Å². The molecule has 0 aliphatic rings. The second kappa shape index (κ2) is 8.74. The summed E-state index contributed by atoms with van der Waals surface area (Å²) in [4.78, 5) is 11.8. The van der Waals surface area contributed by atoms with E-state index in [0.717, 1.165) is 11.1 Å².